The van der Waals surface area contributed by atoms with Crippen molar-refractivity contribution in [3.05, 3.63) is 93.8 Å². The van der Waals surface area contributed by atoms with Crippen LogP contribution in [0.3, 0.4) is 0 Å². The van der Waals surface area contributed by atoms with Crippen LogP contribution in [0.15, 0.2) is 71.5 Å². The molecule has 174 valence electrons. The van der Waals surface area contributed by atoms with E-state index in [1.165, 1.54) is 24.3 Å². The maximum atomic E-state index is 13.0. The first-order chi connectivity index (χ1) is 16.4. The summed E-state index contributed by atoms with van der Waals surface area (Å²) in [5, 5.41) is 0.698. The molecule has 0 radical (unpaired) electrons. The van der Waals surface area contributed by atoms with Gasteiger partial charge in [-0.3, -0.25) is 4.79 Å². The largest absolute Gasteiger partial charge is 0.573 e. The maximum absolute atomic E-state index is 13.0. The van der Waals surface area contributed by atoms with E-state index in [2.05, 4.69) is 9.72 Å². The fourth-order valence-electron chi connectivity index (χ4n) is 3.97. The van der Waals surface area contributed by atoms with Crippen LogP contribution in [-0.2, 0) is 18.8 Å². The van der Waals surface area contributed by atoms with Gasteiger partial charge in [-0.2, -0.15) is 11.8 Å². The minimum Gasteiger partial charge on any atom is -0.489 e. The summed E-state index contributed by atoms with van der Waals surface area (Å²) in [6.45, 7) is 0.265. The first kappa shape index (κ1) is 22.4. The Morgan fingerprint density at radius 2 is 1.62 bits per heavy atom. The molecule has 1 aromatic heterocycles. The van der Waals surface area contributed by atoms with E-state index in [0.717, 1.165) is 51.4 Å². The molecule has 1 aliphatic heterocycles. The van der Waals surface area contributed by atoms with Gasteiger partial charge in [0.15, 0.2) is 5.43 Å². The number of benzene rings is 3. The number of halogens is 3. The monoisotopic (exact) mass is 483 g/mol. The molecule has 0 unspecified atom stereocenters. The first-order valence-electron chi connectivity index (χ1n) is 10.7. The highest BCUT2D eigenvalue weighted by atomic mass is 32.2. The van der Waals surface area contributed by atoms with Crippen molar-refractivity contribution in [1.82, 2.24) is 4.98 Å². The number of thioether (sulfide) groups is 1. The Hall–Kier alpha value is -3.39. The summed E-state index contributed by atoms with van der Waals surface area (Å²) in [6.07, 6.45) is -3.83. The number of aromatic nitrogens is 1. The minimum absolute atomic E-state index is 0.106. The molecule has 4 aromatic rings. The van der Waals surface area contributed by atoms with E-state index >= 15 is 0 Å². The second kappa shape index (κ2) is 9.10. The van der Waals surface area contributed by atoms with E-state index < -0.39 is 6.36 Å². The van der Waals surface area contributed by atoms with Gasteiger partial charge in [-0.25, -0.2) is 0 Å². The van der Waals surface area contributed by atoms with Crippen LogP contribution in [0.1, 0.15) is 16.8 Å². The first-order valence-corrected chi connectivity index (χ1v) is 11.8. The van der Waals surface area contributed by atoms with E-state index in [1.807, 2.05) is 42.5 Å². The Morgan fingerprint density at radius 1 is 0.912 bits per heavy atom. The topological polar surface area (TPSA) is 51.3 Å². The van der Waals surface area contributed by atoms with Crippen molar-refractivity contribution in [1.29, 1.82) is 0 Å². The SMILES string of the molecule is O=c1c2c([nH]c3ccc(-c4ccc(COc5ccc(OC(F)(F)F)cc5)cc4)cc13)CCSC2. The summed E-state index contributed by atoms with van der Waals surface area (Å²) < 4.78 is 46.3. The molecule has 2 heterocycles. The van der Waals surface area contributed by atoms with Crippen LogP contribution >= 0.6 is 11.8 Å². The van der Waals surface area contributed by atoms with Crippen molar-refractivity contribution in [2.24, 2.45) is 0 Å². The molecule has 34 heavy (non-hydrogen) atoms. The van der Waals surface area contributed by atoms with Gasteiger partial charge < -0.3 is 14.5 Å². The summed E-state index contributed by atoms with van der Waals surface area (Å²) >= 11 is 1.78. The van der Waals surface area contributed by atoms with Crippen LogP contribution in [0.4, 0.5) is 13.2 Å². The lowest BCUT2D eigenvalue weighted by Gasteiger charge is -2.16. The molecule has 0 bridgehead atoms. The van der Waals surface area contributed by atoms with Gasteiger partial charge in [0.1, 0.15) is 18.1 Å². The van der Waals surface area contributed by atoms with Gasteiger partial charge in [0, 0.05) is 27.9 Å². The zero-order valence-electron chi connectivity index (χ0n) is 17.9. The highest BCUT2D eigenvalue weighted by molar-refractivity contribution is 7.98. The summed E-state index contributed by atoms with van der Waals surface area (Å²) in [4.78, 5) is 16.4. The standard InChI is InChI=1S/C26H20F3NO3S/c27-26(28,29)33-20-8-6-19(7-9-20)32-14-16-1-3-17(4-2-16)18-5-10-23-21(13-18)25(31)22-15-34-12-11-24(22)30-23/h1-10,13H,11-12,14-15H2,(H,30,31). The van der Waals surface area contributed by atoms with E-state index in [-0.39, 0.29) is 17.8 Å². The van der Waals surface area contributed by atoms with Crippen molar-refractivity contribution in [2.75, 3.05) is 5.75 Å². The number of aryl methyl sites for hydroxylation is 1. The molecule has 5 rings (SSSR count). The number of pyridine rings is 1. The predicted octanol–water partition coefficient (Wildman–Crippen LogP) is 6.46. The third kappa shape index (κ3) is 4.92. The second-order valence-corrected chi connectivity index (χ2v) is 9.08. The molecule has 0 fully saturated rings. The average Bonchev–Trinajstić information content (AvgIpc) is 2.83. The molecule has 0 amide bonds. The van der Waals surface area contributed by atoms with Gasteiger partial charge in [-0.05, 0) is 65.3 Å². The number of H-pyrrole nitrogens is 1. The lowest BCUT2D eigenvalue weighted by Crippen LogP contribution is -2.18. The summed E-state index contributed by atoms with van der Waals surface area (Å²) in [6, 6.07) is 18.9. The van der Waals surface area contributed by atoms with Crippen LogP contribution in [0, 0.1) is 0 Å². The highest BCUT2D eigenvalue weighted by Crippen LogP contribution is 2.28. The molecule has 0 spiro atoms. The molecule has 8 heteroatoms. The highest BCUT2D eigenvalue weighted by Gasteiger charge is 2.31. The van der Waals surface area contributed by atoms with Crippen molar-refractivity contribution in [2.45, 2.75) is 25.1 Å². The number of hydrogen-bond donors (Lipinski definition) is 1. The number of aromatic amines is 1. The summed E-state index contributed by atoms with van der Waals surface area (Å²) in [5.74, 6) is 1.92. The maximum Gasteiger partial charge on any atom is 0.573 e. The number of nitrogens with one attached hydrogen (secondary N) is 1. The number of hydrogen-bond acceptors (Lipinski definition) is 4. The van der Waals surface area contributed by atoms with Gasteiger partial charge >= 0.3 is 6.36 Å². The normalized spacial score (nSPS) is 13.5. The molecule has 0 atom stereocenters. The molecular weight excluding hydrogens is 463 g/mol. The molecular formula is C26H20F3NO3S. The summed E-state index contributed by atoms with van der Waals surface area (Å²) in [5.41, 5.74) is 5.73. The fourth-order valence-corrected chi connectivity index (χ4v) is 4.97. The second-order valence-electron chi connectivity index (χ2n) is 7.98. The van der Waals surface area contributed by atoms with E-state index in [0.29, 0.717) is 11.1 Å². The molecule has 0 aliphatic carbocycles. The number of ether oxygens (including phenoxy) is 2. The Kier molecular flexibility index (Phi) is 6.00. The van der Waals surface area contributed by atoms with Gasteiger partial charge in [-0.15, -0.1) is 13.2 Å². The van der Waals surface area contributed by atoms with Crippen LogP contribution in [0.25, 0.3) is 22.0 Å². The number of rotatable bonds is 5. The third-order valence-electron chi connectivity index (χ3n) is 5.68. The van der Waals surface area contributed by atoms with Crippen molar-refractivity contribution < 1.29 is 22.6 Å². The van der Waals surface area contributed by atoms with Gasteiger partial charge in [0.25, 0.3) is 0 Å². The smallest absolute Gasteiger partial charge is 0.489 e. The fraction of sp³-hybridized carbons (Fsp3) is 0.192. The third-order valence-corrected chi connectivity index (χ3v) is 6.67. The number of alkyl halides is 3. The molecule has 0 saturated heterocycles. The molecule has 1 aliphatic rings. The van der Waals surface area contributed by atoms with Crippen molar-refractivity contribution in [3.8, 4) is 22.6 Å². The van der Waals surface area contributed by atoms with Gasteiger partial charge in [-0.1, -0.05) is 30.3 Å². The Morgan fingerprint density at radius 3 is 2.35 bits per heavy atom. The average molecular weight is 484 g/mol. The van der Waals surface area contributed by atoms with E-state index in [4.69, 9.17) is 4.74 Å². The van der Waals surface area contributed by atoms with E-state index in [1.54, 1.807) is 11.8 Å². The van der Waals surface area contributed by atoms with Crippen LogP contribution in [-0.4, -0.2) is 17.1 Å². The zero-order valence-corrected chi connectivity index (χ0v) is 18.8. The quantitative estimate of drug-likeness (QED) is 0.354. The Labute approximate surface area is 197 Å². The lowest BCUT2D eigenvalue weighted by atomic mass is 10.00. The zero-order chi connectivity index (χ0) is 23.7. The summed E-state index contributed by atoms with van der Waals surface area (Å²) in [7, 11) is 0. The Balaban J connectivity index is 1.29. The van der Waals surface area contributed by atoms with Gasteiger partial charge in [0.2, 0.25) is 0 Å². The molecule has 1 N–H and O–H groups in total. The van der Waals surface area contributed by atoms with Crippen LogP contribution in [0.5, 0.6) is 11.5 Å². The minimum atomic E-state index is -4.72. The number of fused-ring (bicyclic) bond motifs is 2. The van der Waals surface area contributed by atoms with Crippen molar-refractivity contribution in [3.63, 3.8) is 0 Å². The molecule has 0 saturated carbocycles. The lowest BCUT2D eigenvalue weighted by molar-refractivity contribution is -0.274. The van der Waals surface area contributed by atoms with E-state index in [9.17, 15) is 18.0 Å². The Bertz CT molecular complexity index is 1380. The van der Waals surface area contributed by atoms with Crippen molar-refractivity contribution >= 4 is 22.7 Å². The van der Waals surface area contributed by atoms with Crippen LogP contribution < -0.4 is 14.9 Å². The molecule has 4 nitrogen and oxygen atoms in total. The van der Waals surface area contributed by atoms with Gasteiger partial charge in [0.05, 0.1) is 0 Å². The predicted molar refractivity (Wildman–Crippen MR) is 127 cm³/mol. The molecule has 3 aromatic carbocycles. The van der Waals surface area contributed by atoms with Crippen LogP contribution in [0.2, 0.25) is 0 Å².